The third kappa shape index (κ3) is 4.19. The number of imide groups is 1. The first-order valence-electron chi connectivity index (χ1n) is 8.60. The van der Waals surface area contributed by atoms with Crippen LogP contribution in [0.5, 0.6) is 0 Å². The van der Waals surface area contributed by atoms with Gasteiger partial charge in [-0.3, -0.25) is 14.5 Å². The lowest BCUT2D eigenvalue weighted by Gasteiger charge is -2.23. The molecule has 1 atom stereocenters. The molecule has 1 fully saturated rings. The van der Waals surface area contributed by atoms with Crippen LogP contribution in [-0.2, 0) is 21.5 Å². The molecule has 1 aliphatic heterocycles. The number of nitriles is 1. The number of rotatable bonds is 5. The van der Waals surface area contributed by atoms with Crippen molar-refractivity contribution in [3.05, 3.63) is 63.6 Å². The van der Waals surface area contributed by atoms with Crippen LogP contribution in [0.25, 0.3) is 0 Å². The van der Waals surface area contributed by atoms with Gasteiger partial charge in [0.2, 0.25) is 5.91 Å². The Hall–Kier alpha value is -3.08. The molecule has 0 aromatic heterocycles. The van der Waals surface area contributed by atoms with Gasteiger partial charge < -0.3 is 10.6 Å². The summed E-state index contributed by atoms with van der Waals surface area (Å²) in [5, 5.41) is 14.5. The fourth-order valence-electron chi connectivity index (χ4n) is 3.06. The third-order valence-electron chi connectivity index (χ3n) is 4.57. The summed E-state index contributed by atoms with van der Waals surface area (Å²) in [6, 6.07) is 12.7. The highest BCUT2D eigenvalue weighted by Crippen LogP contribution is 2.34. The van der Waals surface area contributed by atoms with Gasteiger partial charge in [-0.15, -0.1) is 0 Å². The molecule has 0 radical (unpaired) electrons. The summed E-state index contributed by atoms with van der Waals surface area (Å²) < 4.78 is 0. The summed E-state index contributed by atoms with van der Waals surface area (Å²) in [6.45, 7) is 1.07. The average molecular weight is 431 g/mol. The maximum atomic E-state index is 12.9. The van der Waals surface area contributed by atoms with Crippen LogP contribution < -0.4 is 10.6 Å². The first kappa shape index (κ1) is 20.6. The molecular weight excluding hydrogens is 415 g/mol. The fraction of sp³-hybridized carbons (Fsp3) is 0.200. The van der Waals surface area contributed by atoms with Crippen LogP contribution in [0.4, 0.5) is 10.5 Å². The van der Waals surface area contributed by atoms with Crippen molar-refractivity contribution in [2.45, 2.75) is 18.9 Å². The monoisotopic (exact) mass is 430 g/mol. The second-order valence-electron chi connectivity index (χ2n) is 6.65. The SMILES string of the molecule is CC1(c2ccc(Cl)cc2Cl)NC(=O)N(CC(=O)Nc2ccc(CC#N)cc2)C1=O. The molecule has 148 valence electrons. The van der Waals surface area contributed by atoms with E-state index in [0.29, 0.717) is 16.3 Å². The van der Waals surface area contributed by atoms with Gasteiger partial charge in [-0.05, 0) is 36.8 Å². The Morgan fingerprint density at radius 2 is 1.90 bits per heavy atom. The molecule has 2 N–H and O–H groups in total. The van der Waals surface area contributed by atoms with Crippen LogP contribution in [-0.4, -0.2) is 29.3 Å². The van der Waals surface area contributed by atoms with Gasteiger partial charge in [0.05, 0.1) is 12.5 Å². The lowest BCUT2D eigenvalue weighted by atomic mass is 9.92. The summed E-state index contributed by atoms with van der Waals surface area (Å²) in [5.41, 5.74) is 0.290. The van der Waals surface area contributed by atoms with Crippen molar-refractivity contribution in [1.29, 1.82) is 5.26 Å². The Labute approximate surface area is 177 Å². The lowest BCUT2D eigenvalue weighted by Crippen LogP contribution is -2.42. The predicted molar refractivity (Wildman–Crippen MR) is 108 cm³/mol. The van der Waals surface area contributed by atoms with E-state index < -0.39 is 29.9 Å². The van der Waals surface area contributed by atoms with E-state index in [2.05, 4.69) is 10.6 Å². The standard InChI is InChI=1S/C20H16Cl2N4O3/c1-20(15-7-4-13(21)10-16(15)22)18(28)26(19(29)25-20)11-17(27)24-14-5-2-12(3-6-14)8-9-23/h2-7,10H,8,11H2,1H3,(H,24,27)(H,25,29). The van der Waals surface area contributed by atoms with Gasteiger partial charge >= 0.3 is 6.03 Å². The first-order valence-corrected chi connectivity index (χ1v) is 9.35. The molecule has 0 spiro atoms. The van der Waals surface area contributed by atoms with Gasteiger partial charge in [0, 0.05) is 21.3 Å². The van der Waals surface area contributed by atoms with E-state index in [1.54, 1.807) is 36.4 Å². The first-order chi connectivity index (χ1) is 13.7. The molecule has 1 heterocycles. The highest BCUT2D eigenvalue weighted by atomic mass is 35.5. The van der Waals surface area contributed by atoms with E-state index in [4.69, 9.17) is 28.5 Å². The second-order valence-corrected chi connectivity index (χ2v) is 7.49. The topological polar surface area (TPSA) is 102 Å². The van der Waals surface area contributed by atoms with E-state index in [1.807, 2.05) is 6.07 Å². The van der Waals surface area contributed by atoms with Crippen molar-refractivity contribution in [3.8, 4) is 6.07 Å². The summed E-state index contributed by atoms with van der Waals surface area (Å²) in [6.07, 6.45) is 0.266. The van der Waals surface area contributed by atoms with E-state index in [0.717, 1.165) is 10.5 Å². The van der Waals surface area contributed by atoms with Gasteiger partial charge in [-0.1, -0.05) is 41.4 Å². The molecule has 1 saturated heterocycles. The van der Waals surface area contributed by atoms with Crippen molar-refractivity contribution in [2.24, 2.45) is 0 Å². The molecule has 0 aliphatic carbocycles. The summed E-state index contributed by atoms with van der Waals surface area (Å²) in [5.74, 6) is -1.13. The average Bonchev–Trinajstić information content (AvgIpc) is 2.87. The number of carbonyl (C=O) groups excluding carboxylic acids is 3. The number of nitrogens with one attached hydrogen (secondary N) is 2. The van der Waals surface area contributed by atoms with Crippen molar-refractivity contribution < 1.29 is 14.4 Å². The zero-order valence-corrected chi connectivity index (χ0v) is 16.8. The molecule has 0 bridgehead atoms. The van der Waals surface area contributed by atoms with E-state index >= 15 is 0 Å². The maximum Gasteiger partial charge on any atom is 0.325 e. The van der Waals surface area contributed by atoms with Crippen molar-refractivity contribution in [3.63, 3.8) is 0 Å². The van der Waals surface area contributed by atoms with Crippen LogP contribution in [0, 0.1) is 11.3 Å². The summed E-state index contributed by atoms with van der Waals surface area (Å²) in [7, 11) is 0. The molecule has 0 saturated carbocycles. The number of benzene rings is 2. The van der Waals surface area contributed by atoms with Crippen molar-refractivity contribution in [2.75, 3.05) is 11.9 Å². The Kier molecular flexibility index (Phi) is 5.78. The minimum Gasteiger partial charge on any atom is -0.325 e. The molecule has 3 rings (SSSR count). The molecule has 29 heavy (non-hydrogen) atoms. The number of carbonyl (C=O) groups is 3. The second kappa shape index (κ2) is 8.11. The lowest BCUT2D eigenvalue weighted by molar-refractivity contribution is -0.133. The quantitative estimate of drug-likeness (QED) is 0.708. The van der Waals surface area contributed by atoms with Gasteiger partial charge in [-0.2, -0.15) is 5.26 Å². The van der Waals surface area contributed by atoms with Crippen LogP contribution >= 0.6 is 23.2 Å². The normalized spacial score (nSPS) is 18.3. The largest absolute Gasteiger partial charge is 0.325 e. The molecule has 1 aliphatic rings. The van der Waals surface area contributed by atoms with Crippen molar-refractivity contribution in [1.82, 2.24) is 10.2 Å². The number of halogens is 2. The van der Waals surface area contributed by atoms with E-state index in [-0.39, 0.29) is 11.4 Å². The Morgan fingerprint density at radius 3 is 2.52 bits per heavy atom. The highest BCUT2D eigenvalue weighted by molar-refractivity contribution is 6.35. The minimum absolute atomic E-state index is 0.234. The summed E-state index contributed by atoms with van der Waals surface area (Å²) >= 11 is 12.1. The zero-order chi connectivity index (χ0) is 21.2. The Bertz CT molecular complexity index is 1030. The number of nitrogens with zero attached hydrogens (tertiary/aromatic N) is 2. The van der Waals surface area contributed by atoms with Crippen molar-refractivity contribution >= 4 is 46.7 Å². The Balaban J connectivity index is 1.72. The Morgan fingerprint density at radius 1 is 1.21 bits per heavy atom. The predicted octanol–water partition coefficient (Wildman–Crippen LogP) is 3.47. The summed E-state index contributed by atoms with van der Waals surface area (Å²) in [4.78, 5) is 38.5. The maximum absolute atomic E-state index is 12.9. The molecule has 7 nitrogen and oxygen atoms in total. The van der Waals surface area contributed by atoms with Crippen LogP contribution in [0.1, 0.15) is 18.1 Å². The third-order valence-corrected chi connectivity index (χ3v) is 5.12. The molecule has 2 aromatic carbocycles. The van der Waals surface area contributed by atoms with E-state index in [9.17, 15) is 14.4 Å². The number of anilines is 1. The molecule has 1 unspecified atom stereocenters. The molecule has 9 heteroatoms. The zero-order valence-electron chi connectivity index (χ0n) is 15.3. The van der Waals surface area contributed by atoms with Crippen LogP contribution in [0.15, 0.2) is 42.5 Å². The van der Waals surface area contributed by atoms with Gasteiger partial charge in [0.15, 0.2) is 0 Å². The minimum atomic E-state index is -1.40. The van der Waals surface area contributed by atoms with Gasteiger partial charge in [-0.25, -0.2) is 4.79 Å². The molecular formula is C20H16Cl2N4O3. The highest BCUT2D eigenvalue weighted by Gasteiger charge is 2.50. The van der Waals surface area contributed by atoms with Crippen LogP contribution in [0.2, 0.25) is 10.0 Å². The number of urea groups is 1. The van der Waals surface area contributed by atoms with E-state index in [1.165, 1.54) is 13.0 Å². The number of hydrogen-bond donors (Lipinski definition) is 2. The number of amides is 4. The molecule has 4 amide bonds. The van der Waals surface area contributed by atoms with Gasteiger partial charge in [0.1, 0.15) is 12.1 Å². The van der Waals surface area contributed by atoms with Gasteiger partial charge in [0.25, 0.3) is 5.91 Å². The number of hydrogen-bond acceptors (Lipinski definition) is 4. The fourth-order valence-corrected chi connectivity index (χ4v) is 3.66. The smallest absolute Gasteiger partial charge is 0.325 e. The molecule has 2 aromatic rings. The van der Waals surface area contributed by atoms with Crippen LogP contribution in [0.3, 0.4) is 0 Å².